The molecule has 6 rings (SSSR count). The van der Waals surface area contributed by atoms with Crippen molar-refractivity contribution in [2.75, 3.05) is 20.2 Å². The third-order valence-electron chi connectivity index (χ3n) is 9.30. The van der Waals surface area contributed by atoms with Crippen LogP contribution in [0.3, 0.4) is 0 Å². The number of hydrogen-bond acceptors (Lipinski definition) is 10. The molecule has 264 valence electrons. The number of carboxylic acid groups (broad SMARTS) is 2. The highest BCUT2D eigenvalue weighted by Gasteiger charge is 2.61. The van der Waals surface area contributed by atoms with Crippen LogP contribution in [0.25, 0.3) is 22.0 Å². The number of allylic oxidation sites excluding steroid dienone is 1. The standard InChI is InChI=1S/C33H38N8O8S/c1-49-22-11-9-19(10-12-22)26-27(29-34-13-14-50-29)39-41(38-26)21-15-24-28(44)37-33(31(46)47)16-20(33)7-5-3-2-4-6-8-23(30(45)40(24)18-21)36-32(48)35-17-25(42)43/h5,7,9-14,20-21,23-24H,2-4,6,8,15-18H2,1H3,(H,37,44)(H,42,43)(H,46,47)(H2,35,36,48)/b7-5-/t20?,21-,23?,24?,33?/m1/s1. The van der Waals surface area contributed by atoms with Crippen LogP contribution in [0.15, 0.2) is 48.0 Å². The van der Waals surface area contributed by atoms with E-state index < -0.39 is 60.0 Å². The number of aliphatic carboxylic acids is 2. The third kappa shape index (κ3) is 7.31. The van der Waals surface area contributed by atoms with Gasteiger partial charge in [-0.05, 0) is 49.9 Å². The van der Waals surface area contributed by atoms with E-state index in [-0.39, 0.29) is 31.7 Å². The van der Waals surface area contributed by atoms with Crippen molar-refractivity contribution in [3.8, 4) is 27.7 Å². The zero-order chi connectivity index (χ0) is 35.4. The highest BCUT2D eigenvalue weighted by atomic mass is 32.1. The molecule has 0 radical (unpaired) electrons. The minimum absolute atomic E-state index is 0.0106. The summed E-state index contributed by atoms with van der Waals surface area (Å²) in [7, 11) is 1.57. The van der Waals surface area contributed by atoms with Crippen LogP contribution in [0.2, 0.25) is 0 Å². The van der Waals surface area contributed by atoms with Gasteiger partial charge >= 0.3 is 18.0 Å². The second kappa shape index (κ2) is 14.7. The van der Waals surface area contributed by atoms with Crippen molar-refractivity contribution in [3.05, 3.63) is 48.0 Å². The Bertz CT molecular complexity index is 1780. The monoisotopic (exact) mass is 706 g/mol. The summed E-state index contributed by atoms with van der Waals surface area (Å²) in [5.74, 6) is -3.31. The summed E-state index contributed by atoms with van der Waals surface area (Å²) in [5.41, 5.74) is 0.308. The Kier molecular flexibility index (Phi) is 10.1. The zero-order valence-corrected chi connectivity index (χ0v) is 28.1. The average molecular weight is 707 g/mol. The van der Waals surface area contributed by atoms with E-state index in [1.807, 2.05) is 29.7 Å². The molecule has 1 aromatic carbocycles. The van der Waals surface area contributed by atoms with Crippen LogP contribution in [0, 0.1) is 5.92 Å². The molecule has 17 heteroatoms. The molecule has 16 nitrogen and oxygen atoms in total. The van der Waals surface area contributed by atoms with Gasteiger partial charge in [-0.25, -0.2) is 14.6 Å². The summed E-state index contributed by atoms with van der Waals surface area (Å²) >= 11 is 1.38. The molecule has 2 fully saturated rings. The van der Waals surface area contributed by atoms with Crippen molar-refractivity contribution in [3.63, 3.8) is 0 Å². The molecular weight excluding hydrogens is 668 g/mol. The highest BCUT2D eigenvalue weighted by Crippen LogP contribution is 2.45. The molecule has 4 heterocycles. The lowest BCUT2D eigenvalue weighted by atomic mass is 10.0. The number of amides is 4. The van der Waals surface area contributed by atoms with Crippen LogP contribution < -0.4 is 20.7 Å². The van der Waals surface area contributed by atoms with E-state index in [1.165, 1.54) is 21.0 Å². The normalized spacial score (nSPS) is 26.0. The number of thiazole rings is 1. The number of ether oxygens (including phenoxy) is 1. The SMILES string of the molecule is COc1ccc(-c2nn([C@@H]3CC4C(=O)NC5(C(=O)O)CC5/C=C\CCCCCC(NC(=O)NCC(=O)O)C(=O)N4C3)nc2-c2nccs2)cc1. The van der Waals surface area contributed by atoms with E-state index in [9.17, 15) is 29.1 Å². The van der Waals surface area contributed by atoms with Gasteiger partial charge in [-0.1, -0.05) is 25.0 Å². The number of benzene rings is 1. The fourth-order valence-electron chi connectivity index (χ4n) is 6.52. The van der Waals surface area contributed by atoms with Gasteiger partial charge in [0, 0.05) is 36.0 Å². The fraction of sp³-hybridized carbons (Fsp3) is 0.455. The molecule has 0 bridgehead atoms. The van der Waals surface area contributed by atoms with E-state index in [4.69, 9.17) is 20.0 Å². The van der Waals surface area contributed by atoms with Gasteiger partial charge in [-0.2, -0.15) is 9.90 Å². The van der Waals surface area contributed by atoms with Gasteiger partial charge in [-0.3, -0.25) is 14.4 Å². The van der Waals surface area contributed by atoms with Gasteiger partial charge in [0.05, 0.1) is 13.2 Å². The van der Waals surface area contributed by atoms with Crippen LogP contribution in [0.1, 0.15) is 51.0 Å². The first-order valence-corrected chi connectivity index (χ1v) is 17.3. The number of rotatable bonds is 8. The summed E-state index contributed by atoms with van der Waals surface area (Å²) in [6, 6.07) is 3.67. The number of hydrogen-bond donors (Lipinski definition) is 5. The summed E-state index contributed by atoms with van der Waals surface area (Å²) in [5, 5.41) is 38.8. The lowest BCUT2D eigenvalue weighted by Crippen LogP contribution is -2.57. The number of carbonyl (C=O) groups excluding carboxylic acids is 3. The quantitative estimate of drug-likeness (QED) is 0.214. The van der Waals surface area contributed by atoms with Gasteiger partial charge in [0.1, 0.15) is 46.3 Å². The van der Waals surface area contributed by atoms with Crippen LogP contribution >= 0.6 is 11.3 Å². The van der Waals surface area contributed by atoms with Gasteiger partial charge in [0.25, 0.3) is 0 Å². The molecule has 2 aromatic heterocycles. The first-order valence-electron chi connectivity index (χ1n) is 16.4. The lowest BCUT2D eigenvalue weighted by Gasteiger charge is -2.29. The highest BCUT2D eigenvalue weighted by molar-refractivity contribution is 7.13. The molecule has 0 spiro atoms. The number of fused-ring (bicyclic) bond motifs is 2. The fourth-order valence-corrected chi connectivity index (χ4v) is 7.14. The Hall–Kier alpha value is -5.32. The summed E-state index contributed by atoms with van der Waals surface area (Å²) in [4.78, 5) is 71.7. The molecule has 5 atom stereocenters. The molecule has 3 aliphatic rings. The van der Waals surface area contributed by atoms with Crippen LogP contribution in [-0.2, 0) is 19.2 Å². The van der Waals surface area contributed by atoms with Crippen molar-refractivity contribution in [1.29, 1.82) is 0 Å². The summed E-state index contributed by atoms with van der Waals surface area (Å²) in [6.07, 6.45) is 8.73. The van der Waals surface area contributed by atoms with E-state index in [1.54, 1.807) is 25.4 Å². The van der Waals surface area contributed by atoms with Gasteiger partial charge in [0.15, 0.2) is 0 Å². The molecule has 2 aliphatic heterocycles. The van der Waals surface area contributed by atoms with Crippen molar-refractivity contribution in [1.82, 2.24) is 40.8 Å². The number of carbonyl (C=O) groups is 5. The maximum absolute atomic E-state index is 14.3. The van der Waals surface area contributed by atoms with Crippen LogP contribution in [0.5, 0.6) is 5.75 Å². The Labute approximate surface area is 290 Å². The minimum atomic E-state index is -1.49. The van der Waals surface area contributed by atoms with Crippen LogP contribution in [0.4, 0.5) is 4.79 Å². The Morgan fingerprint density at radius 1 is 1.10 bits per heavy atom. The molecule has 50 heavy (non-hydrogen) atoms. The van der Waals surface area contributed by atoms with Gasteiger partial charge < -0.3 is 35.8 Å². The van der Waals surface area contributed by atoms with Crippen molar-refractivity contribution in [2.24, 2.45) is 5.92 Å². The Morgan fingerprint density at radius 3 is 2.58 bits per heavy atom. The van der Waals surface area contributed by atoms with Crippen molar-refractivity contribution >= 4 is 41.1 Å². The molecule has 5 N–H and O–H groups in total. The topological polar surface area (TPSA) is 218 Å². The van der Waals surface area contributed by atoms with Gasteiger partial charge in [-0.15, -0.1) is 16.4 Å². The summed E-state index contributed by atoms with van der Waals surface area (Å²) < 4.78 is 5.31. The molecule has 4 amide bonds. The molecule has 1 aliphatic carbocycles. The Morgan fingerprint density at radius 2 is 1.88 bits per heavy atom. The minimum Gasteiger partial charge on any atom is -0.497 e. The first-order chi connectivity index (χ1) is 24.1. The predicted molar refractivity (Wildman–Crippen MR) is 179 cm³/mol. The maximum Gasteiger partial charge on any atom is 0.330 e. The average Bonchev–Trinajstić information content (AvgIpc) is 3.56. The number of methoxy groups -OCH3 is 1. The molecule has 4 unspecified atom stereocenters. The molecule has 1 saturated carbocycles. The molecular formula is C33H38N8O8S. The van der Waals surface area contributed by atoms with E-state index >= 15 is 0 Å². The van der Waals surface area contributed by atoms with Crippen molar-refractivity contribution < 1.29 is 38.9 Å². The number of nitrogens with one attached hydrogen (secondary N) is 3. The second-order valence-corrected chi connectivity index (χ2v) is 13.5. The number of carboxylic acids is 2. The summed E-state index contributed by atoms with van der Waals surface area (Å²) in [6.45, 7) is -0.652. The largest absolute Gasteiger partial charge is 0.497 e. The first kappa shape index (κ1) is 34.5. The lowest BCUT2D eigenvalue weighted by molar-refractivity contribution is -0.145. The number of urea groups is 1. The second-order valence-electron chi connectivity index (χ2n) is 12.6. The van der Waals surface area contributed by atoms with E-state index in [2.05, 4.69) is 20.9 Å². The molecule has 3 aromatic rings. The third-order valence-corrected chi connectivity index (χ3v) is 10.1. The van der Waals surface area contributed by atoms with Crippen LogP contribution in [-0.4, -0.2) is 103 Å². The van der Waals surface area contributed by atoms with Gasteiger partial charge in [0.2, 0.25) is 11.8 Å². The smallest absolute Gasteiger partial charge is 0.330 e. The van der Waals surface area contributed by atoms with E-state index in [0.717, 1.165) is 18.4 Å². The maximum atomic E-state index is 14.3. The number of nitrogens with zero attached hydrogens (tertiary/aromatic N) is 5. The Balaban J connectivity index is 1.35. The number of aromatic nitrogens is 4. The predicted octanol–water partition coefficient (Wildman–Crippen LogP) is 2.45. The zero-order valence-electron chi connectivity index (χ0n) is 27.3. The van der Waals surface area contributed by atoms with Crippen molar-refractivity contribution in [2.45, 2.75) is 68.6 Å². The van der Waals surface area contributed by atoms with E-state index in [0.29, 0.717) is 35.0 Å². The molecule has 1 saturated heterocycles.